The molecule has 2 amide bonds. The molecule has 1 aromatic carbocycles. The summed E-state index contributed by atoms with van der Waals surface area (Å²) in [6.45, 7) is 3.83. The van der Waals surface area contributed by atoms with Crippen LogP contribution >= 0.6 is 0 Å². The molecule has 4 N–H and O–H groups in total. The predicted octanol–water partition coefficient (Wildman–Crippen LogP) is 0.899. The van der Waals surface area contributed by atoms with Gasteiger partial charge in [-0.3, -0.25) is 9.59 Å². The van der Waals surface area contributed by atoms with Gasteiger partial charge < -0.3 is 21.1 Å². The first-order chi connectivity index (χ1) is 12.3. The number of carbonyl (C=O) groups is 3. The number of hydrogen-bond acceptors (Lipinski definition) is 4. The molecule has 0 saturated carbocycles. The van der Waals surface area contributed by atoms with Crippen molar-refractivity contribution in [1.29, 1.82) is 0 Å². The molecule has 1 aromatic rings. The normalized spacial score (nSPS) is 22.5. The Hall–Kier alpha value is -2.48. The van der Waals surface area contributed by atoms with Crippen molar-refractivity contribution in [2.24, 2.45) is 17.6 Å². The van der Waals surface area contributed by atoms with E-state index in [2.05, 4.69) is 5.32 Å². The Morgan fingerprint density at radius 1 is 1.35 bits per heavy atom. The van der Waals surface area contributed by atoms with Crippen LogP contribution in [0.2, 0.25) is 0 Å². The monoisotopic (exact) mass is 365 g/mol. The van der Waals surface area contributed by atoms with Gasteiger partial charge in [0.05, 0.1) is 18.5 Å². The molecule has 2 rings (SSSR count). The lowest BCUT2D eigenvalue weighted by Crippen LogP contribution is -2.45. The maximum atomic E-state index is 14.4. The first-order valence-corrected chi connectivity index (χ1v) is 8.54. The number of nitrogens with one attached hydrogen (secondary N) is 1. The van der Waals surface area contributed by atoms with Crippen LogP contribution in [-0.2, 0) is 14.4 Å². The third-order valence-electron chi connectivity index (χ3n) is 4.49. The molecular weight excluding hydrogens is 341 g/mol. The van der Waals surface area contributed by atoms with Crippen molar-refractivity contribution in [1.82, 2.24) is 10.2 Å². The fourth-order valence-corrected chi connectivity index (χ4v) is 3.29. The lowest BCUT2D eigenvalue weighted by atomic mass is 9.91. The van der Waals surface area contributed by atoms with Crippen LogP contribution in [0.3, 0.4) is 0 Å². The molecule has 0 spiro atoms. The molecule has 8 heteroatoms. The van der Waals surface area contributed by atoms with E-state index >= 15 is 0 Å². The number of carboxylic acids is 1. The van der Waals surface area contributed by atoms with Crippen LogP contribution < -0.4 is 11.1 Å². The molecule has 0 aromatic heterocycles. The Bertz CT molecular complexity index is 695. The summed E-state index contributed by atoms with van der Waals surface area (Å²) >= 11 is 0. The van der Waals surface area contributed by atoms with Crippen molar-refractivity contribution in [3.63, 3.8) is 0 Å². The number of halogens is 1. The molecule has 0 aliphatic carbocycles. The maximum absolute atomic E-state index is 14.4. The van der Waals surface area contributed by atoms with Gasteiger partial charge in [-0.2, -0.15) is 0 Å². The number of aliphatic carboxylic acids is 1. The van der Waals surface area contributed by atoms with E-state index in [0.29, 0.717) is 6.54 Å². The van der Waals surface area contributed by atoms with Crippen molar-refractivity contribution >= 4 is 17.8 Å². The fraction of sp³-hybridized carbons (Fsp3) is 0.500. The van der Waals surface area contributed by atoms with E-state index in [1.54, 1.807) is 6.07 Å². The molecule has 0 radical (unpaired) electrons. The van der Waals surface area contributed by atoms with Gasteiger partial charge >= 0.3 is 5.97 Å². The Balaban J connectivity index is 2.47. The van der Waals surface area contributed by atoms with Gasteiger partial charge in [0.15, 0.2) is 0 Å². The first-order valence-electron chi connectivity index (χ1n) is 8.54. The highest BCUT2D eigenvalue weighted by molar-refractivity contribution is 5.89. The minimum Gasteiger partial charge on any atom is -0.480 e. The molecule has 142 valence electrons. The number of hydrogen-bond donors (Lipinski definition) is 3. The van der Waals surface area contributed by atoms with E-state index in [-0.39, 0.29) is 17.9 Å². The molecule has 1 fully saturated rings. The molecule has 26 heavy (non-hydrogen) atoms. The molecule has 1 saturated heterocycles. The molecule has 3 atom stereocenters. The number of nitrogens with two attached hydrogens (primary N) is 1. The van der Waals surface area contributed by atoms with Crippen molar-refractivity contribution in [3.8, 4) is 0 Å². The number of likely N-dealkylation sites (tertiary alicyclic amines) is 1. The third-order valence-corrected chi connectivity index (χ3v) is 4.49. The van der Waals surface area contributed by atoms with Crippen LogP contribution in [0.15, 0.2) is 24.3 Å². The van der Waals surface area contributed by atoms with Crippen LogP contribution in [0.5, 0.6) is 0 Å². The predicted molar refractivity (Wildman–Crippen MR) is 92.4 cm³/mol. The van der Waals surface area contributed by atoms with Crippen molar-refractivity contribution < 1.29 is 23.9 Å². The Morgan fingerprint density at radius 2 is 2.00 bits per heavy atom. The first kappa shape index (κ1) is 19.8. The lowest BCUT2D eigenvalue weighted by molar-refractivity contribution is -0.149. The molecular formula is C18H24FN3O4. The Kier molecular flexibility index (Phi) is 6.31. The number of carbonyl (C=O) groups excluding carboxylic acids is 2. The van der Waals surface area contributed by atoms with Crippen LogP contribution in [0.1, 0.15) is 31.9 Å². The molecule has 1 aliphatic rings. The van der Waals surface area contributed by atoms with Gasteiger partial charge in [-0.15, -0.1) is 0 Å². The van der Waals surface area contributed by atoms with Crippen molar-refractivity contribution in [3.05, 3.63) is 35.6 Å². The van der Waals surface area contributed by atoms with Gasteiger partial charge in [0, 0.05) is 12.1 Å². The van der Waals surface area contributed by atoms with Crippen LogP contribution in [0.25, 0.3) is 0 Å². The summed E-state index contributed by atoms with van der Waals surface area (Å²) in [5, 5.41) is 12.3. The third kappa shape index (κ3) is 4.01. The van der Waals surface area contributed by atoms with Gasteiger partial charge in [-0.05, 0) is 18.4 Å². The SMILES string of the molecule is CC(C)CNC(=O)C1CC(C(=O)O)N(C(=O)CN)C1c1ccccc1F. The highest BCUT2D eigenvalue weighted by Gasteiger charge is 2.50. The average Bonchev–Trinajstić information content (AvgIpc) is 3.00. The quantitative estimate of drug-likeness (QED) is 0.693. The van der Waals surface area contributed by atoms with Crippen molar-refractivity contribution in [2.75, 3.05) is 13.1 Å². The summed E-state index contributed by atoms with van der Waals surface area (Å²) < 4.78 is 14.4. The van der Waals surface area contributed by atoms with Gasteiger partial charge in [0.1, 0.15) is 11.9 Å². The van der Waals surface area contributed by atoms with E-state index in [1.165, 1.54) is 18.2 Å². The summed E-state index contributed by atoms with van der Waals surface area (Å²) in [4.78, 5) is 37.7. The minimum atomic E-state index is -1.24. The second-order valence-corrected chi connectivity index (χ2v) is 6.81. The lowest BCUT2D eigenvalue weighted by Gasteiger charge is -2.30. The number of nitrogens with zero attached hydrogens (tertiary/aromatic N) is 1. The van der Waals surface area contributed by atoms with Crippen molar-refractivity contribution in [2.45, 2.75) is 32.4 Å². The molecule has 1 aliphatic heterocycles. The van der Waals surface area contributed by atoms with E-state index in [0.717, 1.165) is 4.90 Å². The second kappa shape index (κ2) is 8.27. The van der Waals surface area contributed by atoms with Gasteiger partial charge in [-0.1, -0.05) is 32.0 Å². The average molecular weight is 365 g/mol. The molecule has 7 nitrogen and oxygen atoms in total. The highest BCUT2D eigenvalue weighted by atomic mass is 19.1. The summed E-state index contributed by atoms with van der Waals surface area (Å²) in [7, 11) is 0. The summed E-state index contributed by atoms with van der Waals surface area (Å²) in [5.41, 5.74) is 5.55. The van der Waals surface area contributed by atoms with E-state index in [9.17, 15) is 23.9 Å². The number of amides is 2. The fourth-order valence-electron chi connectivity index (χ4n) is 3.29. The summed E-state index contributed by atoms with van der Waals surface area (Å²) in [6.07, 6.45) is -0.0933. The van der Waals surface area contributed by atoms with Gasteiger partial charge in [0.2, 0.25) is 11.8 Å². The zero-order chi connectivity index (χ0) is 19.4. The van der Waals surface area contributed by atoms with Gasteiger partial charge in [0.25, 0.3) is 0 Å². The zero-order valence-corrected chi connectivity index (χ0v) is 14.8. The maximum Gasteiger partial charge on any atom is 0.326 e. The highest BCUT2D eigenvalue weighted by Crippen LogP contribution is 2.42. The minimum absolute atomic E-state index is 0.0933. The topological polar surface area (TPSA) is 113 Å². The summed E-state index contributed by atoms with van der Waals surface area (Å²) in [5.74, 6) is -3.55. The molecule has 1 heterocycles. The second-order valence-electron chi connectivity index (χ2n) is 6.81. The van der Waals surface area contributed by atoms with Gasteiger partial charge in [-0.25, -0.2) is 9.18 Å². The standard InChI is InChI=1S/C18H24FN3O4/c1-10(2)9-21-17(24)12-7-14(18(25)26)22(15(23)8-20)16(12)11-5-3-4-6-13(11)19/h3-6,10,12,14,16H,7-9,20H2,1-2H3,(H,21,24)(H,25,26). The zero-order valence-electron chi connectivity index (χ0n) is 14.8. The van der Waals surface area contributed by atoms with Crippen LogP contribution in [-0.4, -0.2) is 46.9 Å². The largest absolute Gasteiger partial charge is 0.480 e. The van der Waals surface area contributed by atoms with E-state index < -0.39 is 48.1 Å². The summed E-state index contributed by atoms with van der Waals surface area (Å²) in [6, 6.07) is 3.51. The molecule has 0 bridgehead atoms. The van der Waals surface area contributed by atoms with E-state index in [4.69, 9.17) is 5.73 Å². The number of carboxylic acid groups (broad SMARTS) is 1. The molecule has 3 unspecified atom stereocenters. The Labute approximate surface area is 151 Å². The number of rotatable bonds is 6. The van der Waals surface area contributed by atoms with Crippen LogP contribution in [0, 0.1) is 17.7 Å². The number of benzene rings is 1. The Morgan fingerprint density at radius 3 is 2.54 bits per heavy atom. The smallest absolute Gasteiger partial charge is 0.326 e. The van der Waals surface area contributed by atoms with Crippen LogP contribution in [0.4, 0.5) is 4.39 Å². The van der Waals surface area contributed by atoms with E-state index in [1.807, 2.05) is 13.8 Å².